The number of halogens is 3. The molecule has 2 amide bonds. The van der Waals surface area contributed by atoms with Gasteiger partial charge in [0.2, 0.25) is 5.91 Å². The van der Waals surface area contributed by atoms with Crippen molar-refractivity contribution < 1.29 is 27.5 Å². The number of ether oxygens (including phenoxy) is 1. The summed E-state index contributed by atoms with van der Waals surface area (Å²) in [6.45, 7) is -0.261. The molecule has 2 aromatic heterocycles. The normalized spacial score (nSPS) is 21.4. The molecule has 0 spiro atoms. The largest absolute Gasteiger partial charge is 0.445 e. The summed E-state index contributed by atoms with van der Waals surface area (Å²) in [7, 11) is 0. The fourth-order valence-corrected chi connectivity index (χ4v) is 5.45. The molecule has 39 heavy (non-hydrogen) atoms. The van der Waals surface area contributed by atoms with Crippen LogP contribution in [0.15, 0.2) is 42.7 Å². The van der Waals surface area contributed by atoms with Crippen LogP contribution in [0.2, 0.25) is 0 Å². The van der Waals surface area contributed by atoms with E-state index in [9.17, 15) is 22.8 Å². The second-order valence-corrected chi connectivity index (χ2v) is 10.4. The van der Waals surface area contributed by atoms with Crippen molar-refractivity contribution in [2.45, 2.75) is 63.8 Å². The molecule has 1 aliphatic heterocycles. The van der Waals surface area contributed by atoms with E-state index >= 15 is 0 Å². The summed E-state index contributed by atoms with van der Waals surface area (Å²) in [5.41, 5.74) is 1.85. The summed E-state index contributed by atoms with van der Waals surface area (Å²) in [6, 6.07) is 9.00. The number of carbonyl (C=O) groups excluding carboxylic acids is 2. The Morgan fingerprint density at radius 1 is 1.18 bits per heavy atom. The molecule has 2 fully saturated rings. The third-order valence-corrected chi connectivity index (χ3v) is 7.56. The monoisotopic (exact) mass is 544 g/mol. The van der Waals surface area contributed by atoms with E-state index in [1.54, 1.807) is 6.20 Å². The van der Waals surface area contributed by atoms with Crippen LogP contribution in [0.3, 0.4) is 0 Å². The first-order chi connectivity index (χ1) is 18.8. The molecule has 1 saturated heterocycles. The van der Waals surface area contributed by atoms with Crippen molar-refractivity contribution in [2.75, 3.05) is 6.54 Å². The van der Waals surface area contributed by atoms with Crippen molar-refractivity contribution >= 4 is 17.8 Å². The van der Waals surface area contributed by atoms with Crippen molar-refractivity contribution in [3.05, 3.63) is 59.7 Å². The number of nitrogens with one attached hydrogen (secondary N) is 2. The van der Waals surface area contributed by atoms with Gasteiger partial charge in [-0.25, -0.2) is 19.3 Å². The maximum absolute atomic E-state index is 13.2. The lowest BCUT2D eigenvalue weighted by atomic mass is 9.83. The van der Waals surface area contributed by atoms with Gasteiger partial charge in [0.15, 0.2) is 0 Å². The quantitative estimate of drug-likeness (QED) is 0.452. The SMILES string of the molecule is O=C(N[C@H](c1cn2nc(C[C@H]3C[C@@H](C(F)(F)F)CNC3=O)cnc2n1)C1CCCCC1)OCc1ccccc1. The van der Waals surface area contributed by atoms with Crippen molar-refractivity contribution in [3.8, 4) is 0 Å². The highest BCUT2D eigenvalue weighted by atomic mass is 19.4. The predicted molar refractivity (Wildman–Crippen MR) is 134 cm³/mol. The third kappa shape index (κ3) is 6.66. The number of fused-ring (bicyclic) bond motifs is 1. The van der Waals surface area contributed by atoms with Crippen LogP contribution in [0.1, 0.15) is 61.5 Å². The van der Waals surface area contributed by atoms with Crippen molar-refractivity contribution in [1.82, 2.24) is 30.2 Å². The Kier molecular flexibility index (Phi) is 7.99. The topological polar surface area (TPSA) is 111 Å². The van der Waals surface area contributed by atoms with Gasteiger partial charge in [-0.1, -0.05) is 49.6 Å². The fraction of sp³-hybridized carbons (Fsp3) is 0.519. The Balaban J connectivity index is 1.31. The maximum Gasteiger partial charge on any atom is 0.408 e. The molecule has 0 radical (unpaired) electrons. The highest BCUT2D eigenvalue weighted by Crippen LogP contribution is 2.35. The van der Waals surface area contributed by atoms with Crippen molar-refractivity contribution in [2.24, 2.45) is 17.8 Å². The first-order valence-corrected chi connectivity index (χ1v) is 13.3. The molecule has 2 N–H and O–H groups in total. The Morgan fingerprint density at radius 3 is 2.69 bits per heavy atom. The third-order valence-electron chi connectivity index (χ3n) is 7.56. The molecule has 0 unspecified atom stereocenters. The average Bonchev–Trinajstić information content (AvgIpc) is 3.35. The van der Waals surface area contributed by atoms with Crippen LogP contribution in [0, 0.1) is 17.8 Å². The van der Waals surface area contributed by atoms with Crippen LogP contribution < -0.4 is 10.6 Å². The van der Waals surface area contributed by atoms with Gasteiger partial charge < -0.3 is 15.4 Å². The number of carbonyl (C=O) groups is 2. The van der Waals surface area contributed by atoms with Crippen molar-refractivity contribution in [1.29, 1.82) is 0 Å². The standard InChI is InChI=1S/C27H31F3N6O3/c28-27(29,30)20-11-19(24(37)31-13-20)12-21-14-32-25-33-22(15-36(25)35-21)23(18-9-5-2-6-10-18)34-26(38)39-16-17-7-3-1-4-8-17/h1,3-4,7-8,14-15,18-20,23H,2,5-6,9-13,16H2,(H,31,37)(H,34,38)/t19-,20-,23+/m1/s1. The molecule has 1 aromatic carbocycles. The van der Waals surface area contributed by atoms with E-state index in [-0.39, 0.29) is 25.4 Å². The van der Waals surface area contributed by atoms with Gasteiger partial charge in [0.05, 0.1) is 35.7 Å². The second-order valence-electron chi connectivity index (χ2n) is 10.4. The predicted octanol–water partition coefficient (Wildman–Crippen LogP) is 4.53. The number of benzene rings is 1. The number of hydrogen-bond acceptors (Lipinski definition) is 6. The molecule has 2 aliphatic rings. The van der Waals surface area contributed by atoms with E-state index in [4.69, 9.17) is 4.74 Å². The van der Waals surface area contributed by atoms with Gasteiger partial charge >= 0.3 is 12.3 Å². The zero-order chi connectivity index (χ0) is 27.4. The number of hydrogen-bond donors (Lipinski definition) is 2. The van der Waals surface area contributed by atoms with Gasteiger partial charge in [-0.15, -0.1) is 0 Å². The van der Waals surface area contributed by atoms with Crippen molar-refractivity contribution in [3.63, 3.8) is 0 Å². The number of amides is 2. The van der Waals surface area contributed by atoms with E-state index in [1.165, 1.54) is 10.7 Å². The Hall–Kier alpha value is -3.70. The van der Waals surface area contributed by atoms with E-state index in [2.05, 4.69) is 25.7 Å². The van der Waals surface area contributed by atoms with Gasteiger partial charge in [-0.2, -0.15) is 18.3 Å². The Morgan fingerprint density at radius 2 is 1.95 bits per heavy atom. The molecular weight excluding hydrogens is 513 g/mol. The summed E-state index contributed by atoms with van der Waals surface area (Å²) in [5.74, 6) is -2.39. The minimum Gasteiger partial charge on any atom is -0.445 e. The van der Waals surface area contributed by atoms with Gasteiger partial charge in [-0.3, -0.25) is 4.79 Å². The highest BCUT2D eigenvalue weighted by Gasteiger charge is 2.44. The second kappa shape index (κ2) is 11.6. The summed E-state index contributed by atoms with van der Waals surface area (Å²) >= 11 is 0. The van der Waals surface area contributed by atoms with E-state index in [1.807, 2.05) is 30.3 Å². The molecule has 3 aromatic rings. The lowest BCUT2D eigenvalue weighted by molar-refractivity contribution is -0.183. The van der Waals surface area contributed by atoms with Gasteiger partial charge in [0.25, 0.3) is 5.78 Å². The fourth-order valence-electron chi connectivity index (χ4n) is 5.45. The van der Waals surface area contributed by atoms with Crippen LogP contribution in [0.4, 0.5) is 18.0 Å². The number of piperidine rings is 1. The molecule has 5 rings (SSSR count). The minimum atomic E-state index is -4.37. The molecule has 1 saturated carbocycles. The summed E-state index contributed by atoms with van der Waals surface area (Å²) in [6.07, 6.45) is 3.06. The van der Waals surface area contributed by atoms with Gasteiger partial charge in [0, 0.05) is 18.9 Å². The van der Waals surface area contributed by atoms with Gasteiger partial charge in [0.1, 0.15) is 6.61 Å². The average molecular weight is 545 g/mol. The first-order valence-electron chi connectivity index (χ1n) is 13.3. The lowest BCUT2D eigenvalue weighted by Crippen LogP contribution is -2.47. The van der Waals surface area contributed by atoms with Gasteiger partial charge in [-0.05, 0) is 30.7 Å². The molecule has 3 atom stereocenters. The molecule has 12 heteroatoms. The smallest absolute Gasteiger partial charge is 0.408 e. The molecule has 3 heterocycles. The summed E-state index contributed by atoms with van der Waals surface area (Å²) in [4.78, 5) is 33.9. The number of nitrogens with zero attached hydrogens (tertiary/aromatic N) is 4. The van der Waals surface area contributed by atoms with E-state index < -0.39 is 42.6 Å². The molecule has 9 nitrogen and oxygen atoms in total. The summed E-state index contributed by atoms with van der Waals surface area (Å²) in [5, 5.41) is 9.83. The van der Waals surface area contributed by atoms with Crippen LogP contribution >= 0.6 is 0 Å². The van der Waals surface area contributed by atoms with Crippen LogP contribution in [-0.4, -0.2) is 44.3 Å². The maximum atomic E-state index is 13.2. The lowest BCUT2D eigenvalue weighted by Gasteiger charge is -2.30. The number of rotatable bonds is 7. The van der Waals surface area contributed by atoms with Crippen LogP contribution in [-0.2, 0) is 22.6 Å². The Bertz CT molecular complexity index is 1290. The zero-order valence-corrected chi connectivity index (χ0v) is 21.4. The van der Waals surface area contributed by atoms with Crippen LogP contribution in [0.25, 0.3) is 5.78 Å². The number of imidazole rings is 1. The molecule has 208 valence electrons. The Labute approximate surface area is 223 Å². The molecular formula is C27H31F3N6O3. The number of alkyl halides is 3. The molecule has 1 aliphatic carbocycles. The van der Waals surface area contributed by atoms with E-state index in [0.29, 0.717) is 17.2 Å². The first kappa shape index (κ1) is 26.9. The molecule has 0 bridgehead atoms. The number of alkyl carbamates (subject to hydrolysis) is 1. The minimum absolute atomic E-state index is 0.0327. The number of aromatic nitrogens is 4. The van der Waals surface area contributed by atoms with Crippen LogP contribution in [0.5, 0.6) is 0 Å². The zero-order valence-electron chi connectivity index (χ0n) is 21.4. The highest BCUT2D eigenvalue weighted by molar-refractivity contribution is 5.79. The van der Waals surface area contributed by atoms with E-state index in [0.717, 1.165) is 37.7 Å². The summed E-state index contributed by atoms with van der Waals surface area (Å²) < 4.78 is 46.6.